The van der Waals surface area contributed by atoms with Crippen molar-refractivity contribution >= 4 is 49.6 Å². The minimum absolute atomic E-state index is 0.0105. The van der Waals surface area contributed by atoms with Crippen LogP contribution in [0.15, 0.2) is 33.8 Å². The van der Waals surface area contributed by atoms with Crippen molar-refractivity contribution in [3.8, 4) is 0 Å². The van der Waals surface area contributed by atoms with Crippen LogP contribution in [-0.2, 0) is 22.5 Å². The first-order valence-corrected chi connectivity index (χ1v) is 12.3. The maximum absolute atomic E-state index is 13.0. The quantitative estimate of drug-likeness (QED) is 0.404. The summed E-state index contributed by atoms with van der Waals surface area (Å²) < 4.78 is 8.21. The van der Waals surface area contributed by atoms with Gasteiger partial charge in [0.1, 0.15) is 11.1 Å². The Morgan fingerprint density at radius 1 is 1.19 bits per heavy atom. The van der Waals surface area contributed by atoms with E-state index in [-0.39, 0.29) is 30.6 Å². The smallest absolute Gasteiger partial charge is 0.312 e. The van der Waals surface area contributed by atoms with E-state index in [1.54, 1.807) is 11.3 Å². The lowest BCUT2D eigenvalue weighted by Gasteiger charge is -2.21. The number of rotatable bonds is 5. The number of ether oxygens (including phenoxy) is 1. The summed E-state index contributed by atoms with van der Waals surface area (Å²) in [7, 11) is 0. The summed E-state index contributed by atoms with van der Waals surface area (Å²) in [5, 5.41) is 10.4. The predicted octanol–water partition coefficient (Wildman–Crippen LogP) is 4.84. The Balaban J connectivity index is 1.43. The number of esters is 1. The van der Waals surface area contributed by atoms with E-state index in [0.717, 1.165) is 51.9 Å². The molecule has 3 heterocycles. The summed E-state index contributed by atoms with van der Waals surface area (Å²) in [5.74, 6) is -0.271. The molecule has 160 valence electrons. The van der Waals surface area contributed by atoms with Crippen LogP contribution >= 0.6 is 22.7 Å². The Hall–Kier alpha value is -2.58. The molecule has 0 amide bonds. The molecule has 4 aromatic rings. The fourth-order valence-electron chi connectivity index (χ4n) is 4.14. The Kier molecular flexibility index (Phi) is 5.58. The van der Waals surface area contributed by atoms with Crippen molar-refractivity contribution in [1.29, 1.82) is 0 Å². The number of fused-ring (bicyclic) bond motifs is 2. The second kappa shape index (κ2) is 8.51. The third kappa shape index (κ3) is 4.27. The molecule has 0 saturated heterocycles. The third-order valence-corrected chi connectivity index (χ3v) is 7.48. The molecule has 0 spiro atoms. The van der Waals surface area contributed by atoms with Crippen LogP contribution in [0.5, 0.6) is 0 Å². The zero-order chi connectivity index (χ0) is 21.4. The molecule has 8 heteroatoms. The first kappa shape index (κ1) is 20.3. The van der Waals surface area contributed by atoms with E-state index < -0.39 is 0 Å². The maximum Gasteiger partial charge on any atom is 0.312 e. The SMILES string of the molecule is Cc1ccc2sc(Cn3nc(CC(=O)OC4CCCCC4)c4cscc4c3=O)nc2c1. The molecule has 0 N–H and O–H groups in total. The standard InChI is InChI=1S/C23H23N3O3S2/c1-14-7-8-20-19(9-14)24-21(31-20)11-26-23(28)17-13-30-12-16(17)18(25-26)10-22(27)29-15-5-3-2-4-6-15/h7-9,12-13,15H,2-6,10-11H2,1H3. The largest absolute Gasteiger partial charge is 0.462 e. The van der Waals surface area contributed by atoms with Crippen molar-refractivity contribution in [3.05, 3.63) is 55.6 Å². The van der Waals surface area contributed by atoms with E-state index >= 15 is 0 Å². The number of hydrogen-bond donors (Lipinski definition) is 0. The van der Waals surface area contributed by atoms with E-state index in [0.29, 0.717) is 11.1 Å². The predicted molar refractivity (Wildman–Crippen MR) is 124 cm³/mol. The average Bonchev–Trinajstić information content (AvgIpc) is 3.39. The number of aromatic nitrogens is 3. The lowest BCUT2D eigenvalue weighted by atomic mass is 9.98. The van der Waals surface area contributed by atoms with E-state index in [2.05, 4.69) is 22.2 Å². The molecule has 1 aliphatic rings. The van der Waals surface area contributed by atoms with E-state index in [1.165, 1.54) is 22.4 Å². The van der Waals surface area contributed by atoms with Crippen molar-refractivity contribution in [2.45, 2.75) is 58.1 Å². The first-order chi connectivity index (χ1) is 15.1. The van der Waals surface area contributed by atoms with Gasteiger partial charge in [-0.15, -0.1) is 11.3 Å². The molecule has 0 radical (unpaired) electrons. The minimum Gasteiger partial charge on any atom is -0.462 e. The van der Waals surface area contributed by atoms with Crippen molar-refractivity contribution in [2.24, 2.45) is 0 Å². The van der Waals surface area contributed by atoms with Gasteiger partial charge in [-0.05, 0) is 50.3 Å². The Morgan fingerprint density at radius 3 is 2.84 bits per heavy atom. The van der Waals surface area contributed by atoms with Crippen molar-refractivity contribution in [2.75, 3.05) is 0 Å². The van der Waals surface area contributed by atoms with Gasteiger partial charge in [-0.2, -0.15) is 16.4 Å². The van der Waals surface area contributed by atoms with Crippen LogP contribution in [0.3, 0.4) is 0 Å². The van der Waals surface area contributed by atoms with Crippen molar-refractivity contribution in [1.82, 2.24) is 14.8 Å². The lowest BCUT2D eigenvalue weighted by molar-refractivity contribution is -0.149. The fraction of sp³-hybridized carbons (Fsp3) is 0.391. The molecular weight excluding hydrogens is 430 g/mol. The van der Waals surface area contributed by atoms with Crippen LogP contribution < -0.4 is 5.56 Å². The minimum atomic E-state index is -0.271. The molecule has 1 aliphatic carbocycles. The van der Waals surface area contributed by atoms with Crippen molar-refractivity contribution < 1.29 is 9.53 Å². The molecule has 1 aromatic carbocycles. The highest BCUT2D eigenvalue weighted by atomic mass is 32.1. The van der Waals surface area contributed by atoms with Gasteiger partial charge in [-0.3, -0.25) is 9.59 Å². The molecule has 31 heavy (non-hydrogen) atoms. The summed E-state index contributed by atoms with van der Waals surface area (Å²) >= 11 is 3.01. The zero-order valence-corrected chi connectivity index (χ0v) is 18.9. The van der Waals surface area contributed by atoms with Gasteiger partial charge in [0.2, 0.25) is 0 Å². The van der Waals surface area contributed by atoms with E-state index in [9.17, 15) is 9.59 Å². The molecule has 3 aromatic heterocycles. The Bertz CT molecular complexity index is 1310. The molecule has 0 bridgehead atoms. The number of benzene rings is 1. The highest BCUT2D eigenvalue weighted by Crippen LogP contribution is 2.25. The normalized spacial score (nSPS) is 15.0. The number of thiophene rings is 1. The molecule has 5 rings (SSSR count). The third-order valence-electron chi connectivity index (χ3n) is 5.71. The number of aryl methyl sites for hydroxylation is 1. The maximum atomic E-state index is 13.0. The molecular formula is C23H23N3O3S2. The molecule has 6 nitrogen and oxygen atoms in total. The Morgan fingerprint density at radius 2 is 2.00 bits per heavy atom. The number of carbonyl (C=O) groups excluding carboxylic acids is 1. The molecule has 1 fully saturated rings. The van der Waals surface area contributed by atoms with Crippen molar-refractivity contribution in [3.63, 3.8) is 0 Å². The zero-order valence-electron chi connectivity index (χ0n) is 17.3. The Labute approximate surface area is 187 Å². The second-order valence-corrected chi connectivity index (χ2v) is 9.97. The average molecular weight is 454 g/mol. The van der Waals surface area contributed by atoms with Gasteiger partial charge in [-0.1, -0.05) is 12.5 Å². The number of thiazole rings is 1. The summed E-state index contributed by atoms with van der Waals surface area (Å²) in [4.78, 5) is 30.3. The van der Waals surface area contributed by atoms with Gasteiger partial charge in [0.05, 0.1) is 34.3 Å². The van der Waals surface area contributed by atoms with Gasteiger partial charge in [0.25, 0.3) is 5.56 Å². The van der Waals surface area contributed by atoms with Gasteiger partial charge in [0, 0.05) is 16.1 Å². The lowest BCUT2D eigenvalue weighted by Crippen LogP contribution is -2.27. The monoisotopic (exact) mass is 453 g/mol. The highest BCUT2D eigenvalue weighted by Gasteiger charge is 2.21. The molecule has 0 atom stereocenters. The van der Waals surface area contributed by atoms with Gasteiger partial charge >= 0.3 is 5.97 Å². The second-order valence-electron chi connectivity index (χ2n) is 8.11. The number of hydrogen-bond acceptors (Lipinski definition) is 7. The van der Waals surface area contributed by atoms with Gasteiger partial charge < -0.3 is 4.74 Å². The van der Waals surface area contributed by atoms with E-state index in [4.69, 9.17) is 4.74 Å². The first-order valence-electron chi connectivity index (χ1n) is 10.6. The molecule has 0 unspecified atom stereocenters. The van der Waals surface area contributed by atoms with Crippen LogP contribution in [0, 0.1) is 6.92 Å². The van der Waals surface area contributed by atoms with Gasteiger partial charge in [0.15, 0.2) is 0 Å². The van der Waals surface area contributed by atoms with Gasteiger partial charge in [-0.25, -0.2) is 9.67 Å². The molecule has 0 aliphatic heterocycles. The molecule has 1 saturated carbocycles. The summed E-state index contributed by atoms with van der Waals surface area (Å²) in [6.45, 7) is 2.32. The topological polar surface area (TPSA) is 74.1 Å². The summed E-state index contributed by atoms with van der Waals surface area (Å²) in [6, 6.07) is 6.15. The number of nitrogens with zero attached hydrogens (tertiary/aromatic N) is 3. The summed E-state index contributed by atoms with van der Waals surface area (Å²) in [5.41, 5.74) is 2.52. The van der Waals surface area contributed by atoms with Crippen LogP contribution in [0.2, 0.25) is 0 Å². The summed E-state index contributed by atoms with van der Waals surface area (Å²) in [6.07, 6.45) is 5.38. The number of carbonyl (C=O) groups is 1. The van der Waals surface area contributed by atoms with E-state index in [1.807, 2.05) is 23.8 Å². The van der Waals surface area contributed by atoms with Crippen LogP contribution in [0.25, 0.3) is 21.0 Å². The fourth-order valence-corrected chi connectivity index (χ4v) is 5.90. The highest BCUT2D eigenvalue weighted by molar-refractivity contribution is 7.18. The van der Waals surface area contributed by atoms with Crippen LogP contribution in [0.1, 0.15) is 48.4 Å². The van der Waals surface area contributed by atoms with Crippen LogP contribution in [0.4, 0.5) is 0 Å². The van der Waals surface area contributed by atoms with Crippen LogP contribution in [-0.4, -0.2) is 26.8 Å².